The van der Waals surface area contributed by atoms with Crippen LogP contribution in [0.5, 0.6) is 0 Å². The average molecular weight is 457 g/mol. The zero-order valence-electron chi connectivity index (χ0n) is 14.9. The molecule has 2 N–H and O–H groups in total. The molecule has 1 aliphatic heterocycles. The third kappa shape index (κ3) is 6.93. The van der Waals surface area contributed by atoms with Crippen molar-refractivity contribution in [3.8, 4) is 0 Å². The van der Waals surface area contributed by atoms with Crippen LogP contribution in [-0.2, 0) is 4.79 Å². The van der Waals surface area contributed by atoms with Gasteiger partial charge in [0.05, 0.1) is 12.1 Å². The summed E-state index contributed by atoms with van der Waals surface area (Å²) in [5.74, 6) is -0.343. The summed E-state index contributed by atoms with van der Waals surface area (Å²) in [6, 6.07) is 8.03. The maximum Gasteiger partial charge on any atom is 0.252 e. The molecule has 0 bridgehead atoms. The maximum absolute atomic E-state index is 12.1. The number of rotatable bonds is 8. The van der Waals surface area contributed by atoms with Gasteiger partial charge in [0.1, 0.15) is 0 Å². The van der Waals surface area contributed by atoms with Gasteiger partial charge < -0.3 is 15.5 Å². The van der Waals surface area contributed by atoms with Gasteiger partial charge >= 0.3 is 0 Å². The molecule has 0 aromatic heterocycles. The van der Waals surface area contributed by atoms with Gasteiger partial charge in [-0.15, -0.1) is 0 Å². The summed E-state index contributed by atoms with van der Waals surface area (Å²) >= 11 is 2.12. The summed E-state index contributed by atoms with van der Waals surface area (Å²) in [5.41, 5.74) is 0.603. The Morgan fingerprint density at radius 3 is 2.76 bits per heavy atom. The number of nitrogens with one attached hydrogen (secondary N) is 2. The Labute approximate surface area is 164 Å². The second-order valence-corrected chi connectivity index (χ2v) is 7.76. The van der Waals surface area contributed by atoms with Crippen LogP contribution < -0.4 is 10.6 Å². The van der Waals surface area contributed by atoms with Crippen molar-refractivity contribution in [2.75, 3.05) is 26.2 Å². The molecule has 1 heterocycles. The molecule has 0 radical (unpaired) electrons. The van der Waals surface area contributed by atoms with Gasteiger partial charge in [-0.1, -0.05) is 18.6 Å². The van der Waals surface area contributed by atoms with Crippen LogP contribution in [0.2, 0.25) is 0 Å². The van der Waals surface area contributed by atoms with Gasteiger partial charge in [-0.3, -0.25) is 9.59 Å². The standard InChI is InChI=1S/C19H28IN3O2/c1-15-8-4-6-12-23(15)13-7-5-11-21-18(24)14-22-19(25)16-9-2-3-10-17(16)20/h2-3,9-10,15H,4-8,11-14H2,1H3,(H,21,24)(H,22,25). The molecule has 1 atom stereocenters. The lowest BCUT2D eigenvalue weighted by Crippen LogP contribution is -2.39. The van der Waals surface area contributed by atoms with Crippen LogP contribution in [0.15, 0.2) is 24.3 Å². The molecule has 5 nitrogen and oxygen atoms in total. The molecule has 1 saturated heterocycles. The molecule has 2 amide bonds. The van der Waals surface area contributed by atoms with Crippen LogP contribution in [0.3, 0.4) is 0 Å². The van der Waals surface area contributed by atoms with E-state index in [4.69, 9.17) is 0 Å². The predicted molar refractivity (Wildman–Crippen MR) is 109 cm³/mol. The Kier molecular flexibility index (Phi) is 8.67. The minimum atomic E-state index is -0.209. The largest absolute Gasteiger partial charge is 0.355 e. The number of likely N-dealkylation sites (tertiary alicyclic amines) is 1. The summed E-state index contributed by atoms with van der Waals surface area (Å²) in [6.07, 6.45) is 6.03. The van der Waals surface area contributed by atoms with E-state index in [0.717, 1.165) is 23.0 Å². The lowest BCUT2D eigenvalue weighted by atomic mass is 10.0. The maximum atomic E-state index is 12.1. The van der Waals surface area contributed by atoms with Crippen LogP contribution in [0.25, 0.3) is 0 Å². The quantitative estimate of drug-likeness (QED) is 0.466. The third-order valence-corrected chi connectivity index (χ3v) is 5.60. The Morgan fingerprint density at radius 1 is 1.20 bits per heavy atom. The Hall–Kier alpha value is -1.15. The van der Waals surface area contributed by atoms with Crippen molar-refractivity contribution in [3.63, 3.8) is 0 Å². The number of unbranched alkanes of at least 4 members (excludes halogenated alkanes) is 1. The van der Waals surface area contributed by atoms with Crippen LogP contribution in [-0.4, -0.2) is 48.9 Å². The number of nitrogens with zero attached hydrogens (tertiary/aromatic N) is 1. The van der Waals surface area contributed by atoms with Crippen LogP contribution in [0.1, 0.15) is 49.4 Å². The number of hydrogen-bond acceptors (Lipinski definition) is 3. The minimum absolute atomic E-state index is 0.0208. The van der Waals surface area contributed by atoms with E-state index in [9.17, 15) is 9.59 Å². The first-order valence-electron chi connectivity index (χ1n) is 9.11. The van der Waals surface area contributed by atoms with Crippen molar-refractivity contribution in [3.05, 3.63) is 33.4 Å². The van der Waals surface area contributed by atoms with E-state index in [0.29, 0.717) is 18.2 Å². The summed E-state index contributed by atoms with van der Waals surface area (Å²) in [6.45, 7) is 5.31. The van der Waals surface area contributed by atoms with Gasteiger partial charge in [-0.2, -0.15) is 0 Å². The smallest absolute Gasteiger partial charge is 0.252 e. The highest BCUT2D eigenvalue weighted by atomic mass is 127. The number of benzene rings is 1. The second kappa shape index (κ2) is 10.8. The van der Waals surface area contributed by atoms with Gasteiger partial charge in [0.25, 0.3) is 5.91 Å². The molecule has 6 heteroatoms. The highest BCUT2D eigenvalue weighted by molar-refractivity contribution is 14.1. The Balaban J connectivity index is 1.56. The molecular formula is C19H28IN3O2. The lowest BCUT2D eigenvalue weighted by Gasteiger charge is -2.33. The second-order valence-electron chi connectivity index (χ2n) is 6.60. The number of halogens is 1. The number of hydrogen-bond donors (Lipinski definition) is 2. The van der Waals surface area contributed by atoms with E-state index in [1.54, 1.807) is 6.07 Å². The van der Waals surface area contributed by atoms with E-state index in [-0.39, 0.29) is 18.4 Å². The molecular weight excluding hydrogens is 429 g/mol. The molecule has 0 aliphatic carbocycles. The fourth-order valence-electron chi connectivity index (χ4n) is 3.12. The molecule has 2 rings (SSSR count). The van der Waals surface area contributed by atoms with E-state index < -0.39 is 0 Å². The van der Waals surface area contributed by atoms with Crippen molar-refractivity contribution >= 4 is 34.4 Å². The summed E-state index contributed by atoms with van der Waals surface area (Å²) in [7, 11) is 0. The molecule has 0 spiro atoms. The molecule has 138 valence electrons. The van der Waals surface area contributed by atoms with Crippen molar-refractivity contribution in [2.24, 2.45) is 0 Å². The van der Waals surface area contributed by atoms with Gasteiger partial charge in [-0.05, 0) is 80.4 Å². The first-order valence-corrected chi connectivity index (χ1v) is 10.2. The fourth-order valence-corrected chi connectivity index (χ4v) is 3.75. The number of carbonyl (C=O) groups excluding carboxylic acids is 2. The minimum Gasteiger partial charge on any atom is -0.355 e. The zero-order chi connectivity index (χ0) is 18.1. The molecule has 1 fully saturated rings. The molecule has 1 aliphatic rings. The van der Waals surface area contributed by atoms with Crippen molar-refractivity contribution in [1.82, 2.24) is 15.5 Å². The van der Waals surface area contributed by atoms with Crippen molar-refractivity contribution in [2.45, 2.75) is 45.1 Å². The number of piperidine rings is 1. The fraction of sp³-hybridized carbons (Fsp3) is 0.579. The van der Waals surface area contributed by atoms with Crippen LogP contribution in [0, 0.1) is 3.57 Å². The Morgan fingerprint density at radius 2 is 2.00 bits per heavy atom. The van der Waals surface area contributed by atoms with E-state index >= 15 is 0 Å². The van der Waals surface area contributed by atoms with Crippen molar-refractivity contribution < 1.29 is 9.59 Å². The van der Waals surface area contributed by atoms with E-state index in [1.807, 2.05) is 18.2 Å². The highest BCUT2D eigenvalue weighted by Gasteiger charge is 2.17. The van der Waals surface area contributed by atoms with Gasteiger partial charge in [-0.25, -0.2) is 0 Å². The normalized spacial score (nSPS) is 17.9. The molecule has 1 aromatic rings. The SMILES string of the molecule is CC1CCCCN1CCCCNC(=O)CNC(=O)c1ccccc1I. The molecule has 1 unspecified atom stereocenters. The average Bonchev–Trinajstić information content (AvgIpc) is 2.61. The van der Waals surface area contributed by atoms with Crippen LogP contribution >= 0.6 is 22.6 Å². The monoisotopic (exact) mass is 457 g/mol. The molecule has 1 aromatic carbocycles. The highest BCUT2D eigenvalue weighted by Crippen LogP contribution is 2.16. The number of amides is 2. The number of carbonyl (C=O) groups is 2. The summed E-state index contributed by atoms with van der Waals surface area (Å²) in [5, 5.41) is 5.55. The van der Waals surface area contributed by atoms with Gasteiger partial charge in [0.2, 0.25) is 5.91 Å². The lowest BCUT2D eigenvalue weighted by molar-refractivity contribution is -0.120. The molecule has 0 saturated carbocycles. The zero-order valence-corrected chi connectivity index (χ0v) is 17.0. The van der Waals surface area contributed by atoms with E-state index in [1.165, 1.54) is 25.8 Å². The van der Waals surface area contributed by atoms with Crippen molar-refractivity contribution in [1.29, 1.82) is 0 Å². The van der Waals surface area contributed by atoms with E-state index in [2.05, 4.69) is 45.0 Å². The van der Waals surface area contributed by atoms with Crippen LogP contribution in [0.4, 0.5) is 0 Å². The Bertz CT molecular complexity index is 580. The summed E-state index contributed by atoms with van der Waals surface area (Å²) in [4.78, 5) is 26.4. The first-order chi connectivity index (χ1) is 12.1. The summed E-state index contributed by atoms with van der Waals surface area (Å²) < 4.78 is 0.880. The third-order valence-electron chi connectivity index (χ3n) is 4.66. The van der Waals surface area contributed by atoms with Gasteiger partial charge in [0.15, 0.2) is 0 Å². The molecule has 25 heavy (non-hydrogen) atoms. The predicted octanol–water partition coefficient (Wildman–Crippen LogP) is 2.79. The van der Waals surface area contributed by atoms with Gasteiger partial charge in [0, 0.05) is 16.2 Å². The first kappa shape index (κ1) is 20.2. The topological polar surface area (TPSA) is 61.4 Å².